The molecule has 1 aromatic heterocycles. The van der Waals surface area contributed by atoms with Gasteiger partial charge in [0, 0.05) is 38.3 Å². The highest BCUT2D eigenvalue weighted by molar-refractivity contribution is 5.05. The molecule has 1 aromatic rings. The van der Waals surface area contributed by atoms with Crippen LogP contribution in [0.15, 0.2) is 10.6 Å². The Bertz CT molecular complexity index is 420. The van der Waals surface area contributed by atoms with Gasteiger partial charge in [0.25, 0.3) is 0 Å². The summed E-state index contributed by atoms with van der Waals surface area (Å²) in [6, 6.07) is 2.88. The molecule has 2 saturated heterocycles. The second-order valence-electron chi connectivity index (χ2n) is 6.03. The minimum Gasteiger partial charge on any atom is -0.360 e. The lowest BCUT2D eigenvalue weighted by atomic mass is 10.1. The van der Waals surface area contributed by atoms with Crippen molar-refractivity contribution in [2.75, 3.05) is 32.7 Å². The van der Waals surface area contributed by atoms with Crippen LogP contribution in [0.5, 0.6) is 0 Å². The van der Waals surface area contributed by atoms with E-state index in [1.807, 2.05) is 0 Å². The molecule has 3 heterocycles. The second kappa shape index (κ2) is 6.70. The van der Waals surface area contributed by atoms with E-state index >= 15 is 0 Å². The molecule has 0 bridgehead atoms. The molecule has 2 aliphatic heterocycles. The van der Waals surface area contributed by atoms with E-state index in [1.165, 1.54) is 32.5 Å². The Morgan fingerprint density at radius 2 is 2.35 bits per heavy atom. The molecule has 0 spiro atoms. The Labute approximate surface area is 121 Å². The van der Waals surface area contributed by atoms with Gasteiger partial charge >= 0.3 is 0 Å². The number of fused-ring (bicyclic) bond motifs is 1. The van der Waals surface area contributed by atoms with Crippen LogP contribution in [0, 0.1) is 0 Å². The van der Waals surface area contributed by atoms with Crippen LogP contribution in [-0.2, 0) is 13.1 Å². The van der Waals surface area contributed by atoms with Gasteiger partial charge in [-0.05, 0) is 32.4 Å². The summed E-state index contributed by atoms with van der Waals surface area (Å²) in [6.45, 7) is 9.77. The molecule has 1 atom stereocenters. The molecule has 0 radical (unpaired) electrons. The van der Waals surface area contributed by atoms with E-state index in [9.17, 15) is 0 Å². The van der Waals surface area contributed by atoms with Gasteiger partial charge in [-0.3, -0.25) is 9.80 Å². The number of hydrogen-bond acceptors (Lipinski definition) is 5. The average Bonchev–Trinajstić information content (AvgIpc) is 3.08. The molecular formula is C15H26N4O. The SMILES string of the molecule is CCCNCc1cc(CN2CCN3CCCC3C2)on1. The first kappa shape index (κ1) is 14.0. The number of aromatic nitrogens is 1. The molecule has 2 fully saturated rings. The van der Waals surface area contributed by atoms with Gasteiger partial charge in [0.05, 0.1) is 12.2 Å². The number of nitrogens with zero attached hydrogens (tertiary/aromatic N) is 3. The van der Waals surface area contributed by atoms with Gasteiger partial charge in [-0.25, -0.2) is 0 Å². The molecule has 1 N–H and O–H groups in total. The van der Waals surface area contributed by atoms with Crippen LogP contribution in [-0.4, -0.2) is 53.7 Å². The normalized spacial score (nSPS) is 24.1. The zero-order valence-electron chi connectivity index (χ0n) is 12.5. The van der Waals surface area contributed by atoms with Gasteiger partial charge in [0.1, 0.15) is 0 Å². The molecule has 0 saturated carbocycles. The van der Waals surface area contributed by atoms with E-state index in [0.29, 0.717) is 0 Å². The monoisotopic (exact) mass is 278 g/mol. The minimum absolute atomic E-state index is 0.775. The maximum absolute atomic E-state index is 5.46. The lowest BCUT2D eigenvalue weighted by molar-refractivity contribution is 0.0922. The maximum atomic E-state index is 5.46. The predicted octanol–water partition coefficient (Wildman–Crippen LogP) is 1.45. The van der Waals surface area contributed by atoms with Crippen molar-refractivity contribution in [2.24, 2.45) is 0 Å². The first-order chi connectivity index (χ1) is 9.85. The van der Waals surface area contributed by atoms with E-state index in [2.05, 4.69) is 33.3 Å². The van der Waals surface area contributed by atoms with Crippen molar-refractivity contribution >= 4 is 0 Å². The van der Waals surface area contributed by atoms with Crippen LogP contribution in [0.3, 0.4) is 0 Å². The fourth-order valence-electron chi connectivity index (χ4n) is 3.33. The number of hydrogen-bond donors (Lipinski definition) is 1. The van der Waals surface area contributed by atoms with Crippen molar-refractivity contribution in [1.29, 1.82) is 0 Å². The zero-order chi connectivity index (χ0) is 13.8. The largest absolute Gasteiger partial charge is 0.360 e. The molecular weight excluding hydrogens is 252 g/mol. The third-order valence-corrected chi connectivity index (χ3v) is 4.39. The molecule has 5 nitrogen and oxygen atoms in total. The molecule has 0 amide bonds. The molecule has 3 rings (SSSR count). The Hall–Kier alpha value is -0.910. The number of nitrogens with one attached hydrogen (secondary N) is 1. The summed E-state index contributed by atoms with van der Waals surface area (Å²) in [5.41, 5.74) is 1.02. The molecule has 20 heavy (non-hydrogen) atoms. The summed E-state index contributed by atoms with van der Waals surface area (Å²) < 4.78 is 5.46. The molecule has 2 aliphatic rings. The summed E-state index contributed by atoms with van der Waals surface area (Å²) in [5, 5.41) is 7.50. The second-order valence-corrected chi connectivity index (χ2v) is 6.03. The van der Waals surface area contributed by atoms with E-state index in [0.717, 1.165) is 50.1 Å². The quantitative estimate of drug-likeness (QED) is 0.798. The van der Waals surface area contributed by atoms with E-state index < -0.39 is 0 Å². The van der Waals surface area contributed by atoms with E-state index in [-0.39, 0.29) is 0 Å². The molecule has 0 aliphatic carbocycles. The highest BCUT2D eigenvalue weighted by Gasteiger charge is 2.30. The molecule has 0 aromatic carbocycles. The Kier molecular flexibility index (Phi) is 4.70. The van der Waals surface area contributed by atoms with Crippen molar-refractivity contribution in [1.82, 2.24) is 20.3 Å². The van der Waals surface area contributed by atoms with E-state index in [1.54, 1.807) is 0 Å². The third kappa shape index (κ3) is 3.40. The first-order valence-corrected chi connectivity index (χ1v) is 7.96. The Balaban J connectivity index is 1.48. The van der Waals surface area contributed by atoms with Gasteiger partial charge in [-0.2, -0.15) is 0 Å². The summed E-state index contributed by atoms with van der Waals surface area (Å²) >= 11 is 0. The van der Waals surface area contributed by atoms with Crippen LogP contribution >= 0.6 is 0 Å². The highest BCUT2D eigenvalue weighted by atomic mass is 16.5. The van der Waals surface area contributed by atoms with Gasteiger partial charge in [-0.1, -0.05) is 12.1 Å². The minimum atomic E-state index is 0.775. The average molecular weight is 278 g/mol. The summed E-state index contributed by atoms with van der Waals surface area (Å²) in [7, 11) is 0. The highest BCUT2D eigenvalue weighted by Crippen LogP contribution is 2.22. The maximum Gasteiger partial charge on any atom is 0.151 e. The van der Waals surface area contributed by atoms with Crippen LogP contribution in [0.4, 0.5) is 0 Å². The Morgan fingerprint density at radius 3 is 3.25 bits per heavy atom. The summed E-state index contributed by atoms with van der Waals surface area (Å²) in [5.74, 6) is 1.00. The topological polar surface area (TPSA) is 44.5 Å². The smallest absolute Gasteiger partial charge is 0.151 e. The zero-order valence-corrected chi connectivity index (χ0v) is 12.5. The third-order valence-electron chi connectivity index (χ3n) is 4.39. The Morgan fingerprint density at radius 1 is 1.40 bits per heavy atom. The van der Waals surface area contributed by atoms with Crippen molar-refractivity contribution < 1.29 is 4.52 Å². The molecule has 5 heteroatoms. The standard InChI is InChI=1S/C15H26N4O/c1-2-5-16-10-13-9-15(20-17-13)12-18-7-8-19-6-3-4-14(19)11-18/h9,14,16H,2-8,10-12H2,1H3. The van der Waals surface area contributed by atoms with Gasteiger partial charge < -0.3 is 9.84 Å². The van der Waals surface area contributed by atoms with Gasteiger partial charge in [0.15, 0.2) is 5.76 Å². The van der Waals surface area contributed by atoms with Crippen LogP contribution in [0.25, 0.3) is 0 Å². The predicted molar refractivity (Wildman–Crippen MR) is 78.4 cm³/mol. The van der Waals surface area contributed by atoms with Crippen molar-refractivity contribution in [3.05, 3.63) is 17.5 Å². The lowest BCUT2D eigenvalue weighted by Gasteiger charge is -2.36. The first-order valence-electron chi connectivity index (χ1n) is 7.96. The van der Waals surface area contributed by atoms with Crippen molar-refractivity contribution in [2.45, 2.75) is 45.3 Å². The molecule has 1 unspecified atom stereocenters. The van der Waals surface area contributed by atoms with Crippen LogP contribution in [0.1, 0.15) is 37.6 Å². The van der Waals surface area contributed by atoms with Gasteiger partial charge in [-0.15, -0.1) is 0 Å². The van der Waals surface area contributed by atoms with Crippen LogP contribution in [0.2, 0.25) is 0 Å². The fourth-order valence-corrected chi connectivity index (χ4v) is 3.33. The summed E-state index contributed by atoms with van der Waals surface area (Å²) in [6.07, 6.45) is 3.88. The van der Waals surface area contributed by atoms with Crippen LogP contribution < -0.4 is 5.32 Å². The molecule has 112 valence electrons. The van der Waals surface area contributed by atoms with Gasteiger partial charge in [0.2, 0.25) is 0 Å². The van der Waals surface area contributed by atoms with Crippen molar-refractivity contribution in [3.63, 3.8) is 0 Å². The number of piperazine rings is 1. The van der Waals surface area contributed by atoms with E-state index in [4.69, 9.17) is 4.52 Å². The number of rotatable bonds is 6. The fraction of sp³-hybridized carbons (Fsp3) is 0.800. The van der Waals surface area contributed by atoms with Crippen molar-refractivity contribution in [3.8, 4) is 0 Å². The summed E-state index contributed by atoms with van der Waals surface area (Å²) in [4.78, 5) is 5.15. The lowest BCUT2D eigenvalue weighted by Crippen LogP contribution is -2.49.